The van der Waals surface area contributed by atoms with Crippen molar-refractivity contribution in [2.45, 2.75) is 38.5 Å². The van der Waals surface area contributed by atoms with Crippen LogP contribution >= 0.6 is 0 Å². The van der Waals surface area contributed by atoms with Crippen molar-refractivity contribution in [1.29, 1.82) is 0 Å². The van der Waals surface area contributed by atoms with E-state index in [1.54, 1.807) is 0 Å². The quantitative estimate of drug-likeness (QED) is 0.178. The van der Waals surface area contributed by atoms with Crippen molar-refractivity contribution < 1.29 is 0 Å². The van der Waals surface area contributed by atoms with Gasteiger partial charge in [-0.2, -0.15) is 0 Å². The van der Waals surface area contributed by atoms with Crippen molar-refractivity contribution in [2.24, 2.45) is 0 Å². The van der Waals surface area contributed by atoms with Gasteiger partial charge in [-0.1, -0.05) is 100 Å². The molecule has 0 fully saturated rings. The maximum absolute atomic E-state index is 2.47. The third-order valence-corrected chi connectivity index (χ3v) is 10.2. The third kappa shape index (κ3) is 2.67. The van der Waals surface area contributed by atoms with Gasteiger partial charge in [0.2, 0.25) is 0 Å². The lowest BCUT2D eigenvalue weighted by Gasteiger charge is -2.22. The van der Waals surface area contributed by atoms with Crippen LogP contribution in [0.2, 0.25) is 0 Å². The van der Waals surface area contributed by atoms with Crippen molar-refractivity contribution in [1.82, 2.24) is 0 Å². The average Bonchev–Trinajstić information content (AvgIpc) is 3.32. The number of fused-ring (bicyclic) bond motifs is 12. The van der Waals surface area contributed by atoms with Gasteiger partial charge in [0.25, 0.3) is 0 Å². The Morgan fingerprint density at radius 3 is 1.20 bits per heavy atom. The summed E-state index contributed by atoms with van der Waals surface area (Å²) in [5, 5.41) is 10.6. The van der Waals surface area contributed by atoms with Crippen LogP contribution < -0.4 is 0 Å². The highest BCUT2D eigenvalue weighted by Gasteiger charge is 2.38. The van der Waals surface area contributed by atoms with Crippen LogP contribution in [0.4, 0.5) is 0 Å². The highest BCUT2D eigenvalue weighted by molar-refractivity contribution is 6.10. The fourth-order valence-electron chi connectivity index (χ4n) is 8.00. The summed E-state index contributed by atoms with van der Waals surface area (Å²) < 4.78 is 0. The first-order valence-electron chi connectivity index (χ1n) is 14.4. The van der Waals surface area contributed by atoms with Crippen LogP contribution in [-0.2, 0) is 10.8 Å². The second kappa shape index (κ2) is 7.20. The van der Waals surface area contributed by atoms with Gasteiger partial charge in [-0.3, -0.25) is 0 Å². The fourth-order valence-corrected chi connectivity index (χ4v) is 8.00. The summed E-state index contributed by atoms with van der Waals surface area (Å²) in [6.45, 7) is 9.54. The Kier molecular flexibility index (Phi) is 4.03. The summed E-state index contributed by atoms with van der Waals surface area (Å²) in [6, 6.07) is 41.7. The van der Waals surface area contributed by atoms with Crippen LogP contribution in [-0.4, -0.2) is 0 Å². The molecule has 0 saturated heterocycles. The van der Waals surface area contributed by atoms with E-state index in [1.807, 2.05) is 0 Å². The Bertz CT molecular complexity index is 2100. The predicted octanol–water partition coefficient (Wildman–Crippen LogP) is 10.9. The van der Waals surface area contributed by atoms with Crippen molar-refractivity contribution >= 4 is 43.1 Å². The first kappa shape index (κ1) is 22.4. The van der Waals surface area contributed by atoms with E-state index in [9.17, 15) is 0 Å². The minimum Gasteiger partial charge on any atom is -0.0616 e. The molecule has 0 heterocycles. The Morgan fingerprint density at radius 2 is 0.750 bits per heavy atom. The number of rotatable bonds is 0. The molecule has 7 aromatic rings. The molecule has 40 heavy (non-hydrogen) atoms. The van der Waals surface area contributed by atoms with Gasteiger partial charge < -0.3 is 0 Å². The molecule has 9 rings (SSSR count). The molecule has 2 aliphatic rings. The second-order valence-corrected chi connectivity index (χ2v) is 13.0. The van der Waals surface area contributed by atoms with Gasteiger partial charge in [-0.05, 0) is 124 Å². The smallest absolute Gasteiger partial charge is 0.0159 e. The standard InChI is InChI=1S/C40H30/c1-39(2)33-15-13-23-9-5-7-11-29(23)37(33)31-19-25-18-28-22-36-32(20-26(28)17-27(25)21-35(31)39)38-30-12-8-6-10-24(30)14-16-34(38)40(36,3)4/h5-22H,1-4H3. The van der Waals surface area contributed by atoms with Gasteiger partial charge in [0.15, 0.2) is 0 Å². The molecule has 0 nitrogen and oxygen atoms in total. The van der Waals surface area contributed by atoms with Gasteiger partial charge in [0.1, 0.15) is 0 Å². The molecule has 0 radical (unpaired) electrons. The van der Waals surface area contributed by atoms with Crippen LogP contribution in [0.5, 0.6) is 0 Å². The number of benzene rings is 7. The largest absolute Gasteiger partial charge is 0.0616 e. The predicted molar refractivity (Wildman–Crippen MR) is 172 cm³/mol. The average molecular weight is 511 g/mol. The molecular weight excluding hydrogens is 480 g/mol. The molecule has 0 amide bonds. The number of hydrogen-bond donors (Lipinski definition) is 0. The lowest BCUT2D eigenvalue weighted by atomic mass is 9.81. The van der Waals surface area contributed by atoms with Crippen molar-refractivity contribution in [3.8, 4) is 22.3 Å². The molecule has 0 saturated carbocycles. The molecule has 0 bridgehead atoms. The van der Waals surface area contributed by atoms with Gasteiger partial charge in [0, 0.05) is 10.8 Å². The monoisotopic (exact) mass is 510 g/mol. The Labute approximate surface area is 234 Å². The zero-order valence-electron chi connectivity index (χ0n) is 23.4. The van der Waals surface area contributed by atoms with Crippen molar-refractivity contribution in [2.75, 3.05) is 0 Å². The molecular formula is C40H30. The minimum atomic E-state index is -0.0301. The van der Waals surface area contributed by atoms with E-state index in [0.29, 0.717) is 0 Å². The molecule has 0 N–H and O–H groups in total. The summed E-state index contributed by atoms with van der Waals surface area (Å²) >= 11 is 0. The molecule has 7 aromatic carbocycles. The summed E-state index contributed by atoms with van der Waals surface area (Å²) in [4.78, 5) is 0. The van der Waals surface area contributed by atoms with Crippen LogP contribution in [0.1, 0.15) is 49.9 Å². The topological polar surface area (TPSA) is 0 Å². The molecule has 190 valence electrons. The van der Waals surface area contributed by atoms with E-state index in [-0.39, 0.29) is 10.8 Å². The third-order valence-electron chi connectivity index (χ3n) is 10.2. The first-order chi connectivity index (χ1) is 19.3. The second-order valence-electron chi connectivity index (χ2n) is 13.0. The van der Waals surface area contributed by atoms with E-state index in [2.05, 4.69) is 137 Å². The van der Waals surface area contributed by atoms with E-state index in [1.165, 1.54) is 87.6 Å². The van der Waals surface area contributed by atoms with Gasteiger partial charge >= 0.3 is 0 Å². The maximum atomic E-state index is 2.47. The normalized spacial score (nSPS) is 15.9. The molecule has 0 aliphatic heterocycles. The van der Waals surface area contributed by atoms with Crippen molar-refractivity contribution in [3.05, 3.63) is 131 Å². The molecule has 0 unspecified atom stereocenters. The first-order valence-corrected chi connectivity index (χ1v) is 14.4. The summed E-state index contributed by atoms with van der Waals surface area (Å²) in [6.07, 6.45) is 0. The SMILES string of the molecule is CC1(C)c2cc3cc4cc5c(cc4cc3cc2-c2c1ccc1ccccc21)C(C)(C)c1ccc2ccccc2c1-5. The lowest BCUT2D eigenvalue weighted by molar-refractivity contribution is 0.661. The summed E-state index contributed by atoms with van der Waals surface area (Å²) in [7, 11) is 0. The highest BCUT2D eigenvalue weighted by Crippen LogP contribution is 2.54. The minimum absolute atomic E-state index is 0.0301. The summed E-state index contributed by atoms with van der Waals surface area (Å²) in [5.74, 6) is 0. The van der Waals surface area contributed by atoms with Gasteiger partial charge in [0.05, 0.1) is 0 Å². The Morgan fingerprint density at radius 1 is 0.350 bits per heavy atom. The Hall–Kier alpha value is -4.42. The summed E-state index contributed by atoms with van der Waals surface area (Å²) in [5.41, 5.74) is 11.3. The molecule has 0 atom stereocenters. The number of hydrogen-bond acceptors (Lipinski definition) is 0. The fraction of sp³-hybridized carbons (Fsp3) is 0.150. The van der Waals surface area contributed by atoms with Crippen LogP contribution in [0, 0.1) is 0 Å². The van der Waals surface area contributed by atoms with E-state index in [4.69, 9.17) is 0 Å². The van der Waals surface area contributed by atoms with Crippen LogP contribution in [0.15, 0.2) is 109 Å². The van der Waals surface area contributed by atoms with Crippen LogP contribution in [0.25, 0.3) is 65.3 Å². The Balaban J connectivity index is 1.33. The van der Waals surface area contributed by atoms with Crippen molar-refractivity contribution in [3.63, 3.8) is 0 Å². The van der Waals surface area contributed by atoms with E-state index >= 15 is 0 Å². The van der Waals surface area contributed by atoms with Gasteiger partial charge in [-0.15, -0.1) is 0 Å². The maximum Gasteiger partial charge on any atom is 0.0159 e. The molecule has 0 aromatic heterocycles. The molecule has 0 heteroatoms. The zero-order chi connectivity index (χ0) is 27.0. The van der Waals surface area contributed by atoms with E-state index in [0.717, 1.165) is 0 Å². The zero-order valence-corrected chi connectivity index (χ0v) is 23.4. The van der Waals surface area contributed by atoms with E-state index < -0.39 is 0 Å². The van der Waals surface area contributed by atoms with Gasteiger partial charge in [-0.25, -0.2) is 0 Å². The molecule has 2 aliphatic carbocycles. The molecule has 0 spiro atoms. The lowest BCUT2D eigenvalue weighted by Crippen LogP contribution is -2.15. The highest BCUT2D eigenvalue weighted by atomic mass is 14.4. The van der Waals surface area contributed by atoms with Crippen LogP contribution in [0.3, 0.4) is 0 Å².